The quantitative estimate of drug-likeness (QED) is 0.250. The van der Waals surface area contributed by atoms with Crippen LogP contribution in [-0.4, -0.2) is 37.5 Å². The number of hydrogen-bond acceptors (Lipinski definition) is 14. The summed E-state index contributed by atoms with van der Waals surface area (Å²) in [6, 6.07) is 0. The summed E-state index contributed by atoms with van der Waals surface area (Å²) in [5.41, 5.74) is 0. The van der Waals surface area contributed by atoms with E-state index in [4.69, 9.17) is 0 Å². The minimum atomic E-state index is 1.45. The zero-order valence-corrected chi connectivity index (χ0v) is 29.1. The number of hydrogen-bond donors (Lipinski definition) is 0. The molecule has 0 aromatic rings. The first-order valence-electron chi connectivity index (χ1n) is 8.69. The Balaban J connectivity index is 1.57. The predicted octanol–water partition coefficient (Wildman–Crippen LogP) is 11.9. The van der Waals surface area contributed by atoms with E-state index in [0.29, 0.717) is 0 Å². The van der Waals surface area contributed by atoms with Gasteiger partial charge in [-0.25, -0.2) is 0 Å². The first-order valence-corrected chi connectivity index (χ1v) is 22.6. The van der Waals surface area contributed by atoms with Crippen LogP contribution in [0.1, 0.15) is 0 Å². The summed E-state index contributed by atoms with van der Waals surface area (Å²) in [6.45, 7) is 0. The third-order valence-electron chi connectivity index (χ3n) is 3.86. The van der Waals surface area contributed by atoms with Gasteiger partial charge >= 0.3 is 0 Å². The van der Waals surface area contributed by atoms with Crippen LogP contribution in [0.4, 0.5) is 0 Å². The molecule has 0 aliphatic carbocycles. The van der Waals surface area contributed by atoms with Gasteiger partial charge in [-0.15, -0.1) is 70.6 Å². The molecule has 0 saturated carbocycles. The Bertz CT molecular complexity index is 879. The average molecular weight is 683 g/mol. The molecule has 14 heteroatoms. The smallest absolute Gasteiger partial charge is 0.0717 e. The molecule has 0 N–H and O–H groups in total. The van der Waals surface area contributed by atoms with Gasteiger partial charge in [-0.05, 0) is 37.5 Å². The lowest BCUT2D eigenvalue weighted by atomic mass is 10.6. The Morgan fingerprint density at radius 3 is 0.781 bits per heavy atom. The summed E-state index contributed by atoms with van der Waals surface area (Å²) in [7, 11) is 0. The molecule has 0 unspecified atom stereocenters. The van der Waals surface area contributed by atoms with Crippen LogP contribution >= 0.6 is 165 Å². The van der Waals surface area contributed by atoms with Crippen LogP contribution in [0.15, 0.2) is 52.2 Å². The fourth-order valence-electron chi connectivity index (χ4n) is 2.50. The monoisotopic (exact) mass is 682 g/mol. The maximum absolute atomic E-state index is 2.22. The van der Waals surface area contributed by atoms with Gasteiger partial charge in [0.25, 0.3) is 0 Å². The standard InChI is InChI=1S/C18H18S14/c1-19-9-7(25-15(27-9)17-29-11(21-3)12(22-4)30-17)8-10(20-2)28-16(26-8)18-31-13(23-5)14(24-6)32-18/h1-6H3. The largest absolute Gasteiger partial charge is 0.121 e. The molecule has 0 atom stereocenters. The third-order valence-corrected chi connectivity index (χ3v) is 23.2. The maximum atomic E-state index is 2.22. The average Bonchev–Trinajstić information content (AvgIpc) is 3.60. The van der Waals surface area contributed by atoms with Crippen LogP contribution in [-0.2, 0) is 0 Å². The predicted molar refractivity (Wildman–Crippen MR) is 184 cm³/mol. The van der Waals surface area contributed by atoms with Crippen molar-refractivity contribution in [2.45, 2.75) is 0 Å². The second kappa shape index (κ2) is 13.4. The Hall–Kier alpha value is 3.34. The van der Waals surface area contributed by atoms with Crippen LogP contribution in [0.2, 0.25) is 0 Å². The Morgan fingerprint density at radius 1 is 0.312 bits per heavy atom. The highest BCUT2D eigenvalue weighted by Gasteiger charge is 2.36. The van der Waals surface area contributed by atoms with Gasteiger partial charge in [0.1, 0.15) is 0 Å². The molecule has 0 nitrogen and oxygen atoms in total. The fourth-order valence-corrected chi connectivity index (χ4v) is 20.9. The van der Waals surface area contributed by atoms with Crippen LogP contribution in [0, 0.1) is 0 Å². The van der Waals surface area contributed by atoms with E-state index < -0.39 is 0 Å². The molecule has 4 aliphatic heterocycles. The van der Waals surface area contributed by atoms with E-state index in [0.717, 1.165) is 0 Å². The van der Waals surface area contributed by atoms with Gasteiger partial charge in [-0.1, -0.05) is 94.1 Å². The zero-order valence-electron chi connectivity index (χ0n) is 17.7. The van der Waals surface area contributed by atoms with Gasteiger partial charge < -0.3 is 0 Å². The van der Waals surface area contributed by atoms with Gasteiger partial charge in [0, 0.05) is 9.81 Å². The summed E-state index contributed by atoms with van der Waals surface area (Å²) < 4.78 is 14.5. The molecular formula is C18H18S14. The van der Waals surface area contributed by atoms with Gasteiger partial charge in [0.15, 0.2) is 0 Å². The van der Waals surface area contributed by atoms with E-state index in [2.05, 4.69) is 37.5 Å². The van der Waals surface area contributed by atoms with Crippen molar-refractivity contribution in [1.29, 1.82) is 0 Å². The van der Waals surface area contributed by atoms with E-state index >= 15 is 0 Å². The Morgan fingerprint density at radius 2 is 0.531 bits per heavy atom. The third kappa shape index (κ3) is 6.14. The molecule has 0 amide bonds. The molecule has 174 valence electrons. The van der Waals surface area contributed by atoms with Crippen LogP contribution < -0.4 is 0 Å². The molecule has 0 aromatic heterocycles. The lowest BCUT2D eigenvalue weighted by molar-refractivity contribution is 1.91. The van der Waals surface area contributed by atoms with Crippen LogP contribution in [0.5, 0.6) is 0 Å². The summed E-state index contributed by atoms with van der Waals surface area (Å²) in [5.74, 6) is 0. The van der Waals surface area contributed by atoms with E-state index in [1.165, 1.54) is 52.2 Å². The van der Waals surface area contributed by atoms with Crippen molar-refractivity contribution in [1.82, 2.24) is 0 Å². The highest BCUT2D eigenvalue weighted by atomic mass is 32.3. The molecule has 32 heavy (non-hydrogen) atoms. The Labute approximate surface area is 251 Å². The molecule has 0 spiro atoms. The van der Waals surface area contributed by atoms with Crippen molar-refractivity contribution < 1.29 is 0 Å². The molecule has 0 fully saturated rings. The summed E-state index contributed by atoms with van der Waals surface area (Å²) in [5, 5.41) is 0. The second-order valence-corrected chi connectivity index (χ2v) is 21.2. The Kier molecular flexibility index (Phi) is 11.9. The van der Waals surface area contributed by atoms with E-state index in [-0.39, 0.29) is 0 Å². The van der Waals surface area contributed by atoms with Crippen LogP contribution in [0.25, 0.3) is 0 Å². The van der Waals surface area contributed by atoms with Gasteiger partial charge in [0.2, 0.25) is 0 Å². The molecule has 4 heterocycles. The number of thioether (sulfide) groups is 14. The van der Waals surface area contributed by atoms with Crippen molar-refractivity contribution in [2.24, 2.45) is 0 Å². The maximum Gasteiger partial charge on any atom is 0.0717 e. The van der Waals surface area contributed by atoms with E-state index in [1.807, 2.05) is 165 Å². The molecule has 0 bridgehead atoms. The van der Waals surface area contributed by atoms with Gasteiger partial charge in [-0.3, -0.25) is 0 Å². The molecule has 4 rings (SSSR count). The summed E-state index contributed by atoms with van der Waals surface area (Å²) in [4.78, 5) is 2.92. The normalized spacial score (nSPS) is 22.3. The molecule has 0 saturated heterocycles. The van der Waals surface area contributed by atoms with E-state index in [1.54, 1.807) is 0 Å². The van der Waals surface area contributed by atoms with Gasteiger partial charge in [0.05, 0.1) is 42.4 Å². The minimum Gasteiger partial charge on any atom is -0.121 e. The lowest BCUT2D eigenvalue weighted by Gasteiger charge is -2.06. The van der Waals surface area contributed by atoms with Crippen molar-refractivity contribution in [2.75, 3.05) is 37.5 Å². The van der Waals surface area contributed by atoms with Crippen LogP contribution in [0.3, 0.4) is 0 Å². The van der Waals surface area contributed by atoms with Crippen molar-refractivity contribution >= 4 is 165 Å². The van der Waals surface area contributed by atoms with Crippen molar-refractivity contribution in [3.05, 3.63) is 52.2 Å². The minimum absolute atomic E-state index is 1.45. The summed E-state index contributed by atoms with van der Waals surface area (Å²) >= 11 is 27.0. The molecule has 4 aliphatic rings. The first-order chi connectivity index (χ1) is 15.6. The van der Waals surface area contributed by atoms with Gasteiger partial charge in [-0.2, -0.15) is 0 Å². The second-order valence-electron chi connectivity index (χ2n) is 5.57. The fraction of sp³-hybridized carbons (Fsp3) is 0.333. The summed E-state index contributed by atoms with van der Waals surface area (Å²) in [6.07, 6.45) is 13.2. The van der Waals surface area contributed by atoms with Crippen molar-refractivity contribution in [3.63, 3.8) is 0 Å². The molecule has 0 aromatic carbocycles. The van der Waals surface area contributed by atoms with E-state index in [9.17, 15) is 0 Å². The lowest BCUT2D eigenvalue weighted by Crippen LogP contribution is -1.79. The highest BCUT2D eigenvalue weighted by Crippen LogP contribution is 2.70. The number of rotatable bonds is 7. The highest BCUT2D eigenvalue weighted by molar-refractivity contribution is 8.45. The zero-order chi connectivity index (χ0) is 22.8. The van der Waals surface area contributed by atoms with Crippen molar-refractivity contribution in [3.8, 4) is 0 Å². The SMILES string of the molecule is CSC1=C(SC)SC(=C2SC(SC)=C(C3=C(SC)SC(=C4SC(SC)=C(SC)S4)S3)S2)S1. The first kappa shape index (κ1) is 28.4. The molecular weight excluding hydrogens is 665 g/mol. The molecule has 0 radical (unpaired) electrons. The topological polar surface area (TPSA) is 0 Å².